The topological polar surface area (TPSA) is 50.7 Å². The van der Waals surface area contributed by atoms with Gasteiger partial charge in [-0.25, -0.2) is 4.98 Å². The highest BCUT2D eigenvalue weighted by Gasteiger charge is 2.07. The maximum Gasteiger partial charge on any atom is 0.179 e. The van der Waals surface area contributed by atoms with Gasteiger partial charge >= 0.3 is 0 Å². The van der Waals surface area contributed by atoms with Crippen LogP contribution in [0.2, 0.25) is 0 Å². The molecule has 0 fully saturated rings. The van der Waals surface area contributed by atoms with Crippen molar-refractivity contribution >= 4 is 50.1 Å². The lowest BCUT2D eigenvalue weighted by molar-refractivity contribution is 0.675. The zero-order chi connectivity index (χ0) is 12.4. The molecule has 7 heteroatoms. The summed E-state index contributed by atoms with van der Waals surface area (Å²) in [6.07, 6.45) is 1.73. The fourth-order valence-corrected chi connectivity index (χ4v) is 2.86. The molecule has 17 heavy (non-hydrogen) atoms. The van der Waals surface area contributed by atoms with Crippen molar-refractivity contribution in [3.8, 4) is 0 Å². The molecule has 4 nitrogen and oxygen atoms in total. The fraction of sp³-hybridized carbons (Fsp3) is 0.400. The molecule has 1 unspecified atom stereocenters. The maximum atomic E-state index is 11.4. The largest absolute Gasteiger partial charge is 0.329 e. The van der Waals surface area contributed by atoms with Crippen molar-refractivity contribution in [1.29, 1.82) is 0 Å². The summed E-state index contributed by atoms with van der Waals surface area (Å²) in [4.78, 5) is 7.42. The Morgan fingerprint density at radius 2 is 2.41 bits per heavy atom. The summed E-state index contributed by atoms with van der Waals surface area (Å²) in [5.74, 6) is 1.28. The molecule has 0 aromatic carbocycles. The van der Waals surface area contributed by atoms with Crippen LogP contribution in [0.15, 0.2) is 16.7 Å². The first-order valence-corrected chi connectivity index (χ1v) is 7.89. The second kappa shape index (κ2) is 5.41. The Bertz CT molecular complexity index is 620. The molecule has 2 rings (SSSR count). The van der Waals surface area contributed by atoms with Crippen LogP contribution < -0.4 is 0 Å². The van der Waals surface area contributed by atoms with E-state index in [2.05, 4.69) is 25.9 Å². The van der Waals surface area contributed by atoms with Gasteiger partial charge in [0.15, 0.2) is 10.4 Å². The van der Waals surface area contributed by atoms with Crippen LogP contribution in [0.5, 0.6) is 0 Å². The van der Waals surface area contributed by atoms with E-state index >= 15 is 0 Å². The molecule has 0 bridgehead atoms. The van der Waals surface area contributed by atoms with Gasteiger partial charge in [0.1, 0.15) is 0 Å². The van der Waals surface area contributed by atoms with Crippen molar-refractivity contribution in [2.24, 2.45) is 0 Å². The highest BCUT2D eigenvalue weighted by atomic mass is 79.9. The number of halogens is 1. The second-order valence-corrected chi connectivity index (χ2v) is 6.71. The van der Waals surface area contributed by atoms with Gasteiger partial charge < -0.3 is 9.55 Å². The van der Waals surface area contributed by atoms with Gasteiger partial charge in [-0.15, -0.1) is 0 Å². The average Bonchev–Trinajstić information content (AvgIpc) is 2.61. The van der Waals surface area contributed by atoms with E-state index < -0.39 is 10.8 Å². The summed E-state index contributed by atoms with van der Waals surface area (Å²) < 4.78 is 14.9. The predicted molar refractivity (Wildman–Crippen MR) is 76.2 cm³/mol. The van der Waals surface area contributed by atoms with Gasteiger partial charge in [-0.1, -0.05) is 6.92 Å². The number of nitrogens with zero attached hydrogens (tertiary/aromatic N) is 2. The quantitative estimate of drug-likeness (QED) is 0.875. The number of rotatable bonds is 4. The second-order valence-electron chi connectivity index (χ2n) is 3.54. The van der Waals surface area contributed by atoms with Gasteiger partial charge in [-0.05, 0) is 34.2 Å². The lowest BCUT2D eigenvalue weighted by atomic mass is 10.4. The minimum absolute atomic E-state index is 0.607. The van der Waals surface area contributed by atoms with Crippen molar-refractivity contribution < 1.29 is 4.21 Å². The molecule has 2 heterocycles. The van der Waals surface area contributed by atoms with E-state index in [0.717, 1.165) is 15.6 Å². The average molecular weight is 334 g/mol. The molecule has 0 saturated heterocycles. The summed E-state index contributed by atoms with van der Waals surface area (Å²) in [5, 5.41) is 0. The van der Waals surface area contributed by atoms with E-state index in [0.29, 0.717) is 22.8 Å². The molecule has 0 radical (unpaired) electrons. The minimum Gasteiger partial charge on any atom is -0.329 e. The number of fused-ring (bicyclic) bond motifs is 1. The van der Waals surface area contributed by atoms with Crippen LogP contribution in [0.3, 0.4) is 0 Å². The van der Waals surface area contributed by atoms with Gasteiger partial charge in [0.2, 0.25) is 0 Å². The van der Waals surface area contributed by atoms with E-state index in [1.54, 1.807) is 6.20 Å². The Hall–Kier alpha value is -0.530. The minimum atomic E-state index is -0.785. The molecule has 92 valence electrons. The number of aromatic nitrogens is 3. The summed E-state index contributed by atoms with van der Waals surface area (Å²) in [6, 6.07) is 1.94. The first kappa shape index (κ1) is 12.9. The molecule has 0 amide bonds. The predicted octanol–water partition coefficient (Wildman–Crippen LogP) is 2.62. The molecule has 2 aromatic heterocycles. The van der Waals surface area contributed by atoms with Crippen molar-refractivity contribution in [3.05, 3.63) is 21.5 Å². The Kier molecular flexibility index (Phi) is 4.11. The fourth-order valence-electron chi connectivity index (χ4n) is 1.56. The van der Waals surface area contributed by atoms with Crippen LogP contribution in [0.25, 0.3) is 11.2 Å². The van der Waals surface area contributed by atoms with Crippen molar-refractivity contribution in [3.63, 3.8) is 0 Å². The molecule has 0 spiro atoms. The monoisotopic (exact) mass is 333 g/mol. The molecule has 1 atom stereocenters. The number of hydrogen-bond acceptors (Lipinski definition) is 3. The normalized spacial score (nSPS) is 13.1. The lowest BCUT2D eigenvalue weighted by Gasteiger charge is -2.02. The highest BCUT2D eigenvalue weighted by Crippen LogP contribution is 2.16. The Labute approximate surface area is 115 Å². The van der Waals surface area contributed by atoms with Crippen LogP contribution in [0, 0.1) is 4.77 Å². The summed E-state index contributed by atoms with van der Waals surface area (Å²) >= 11 is 8.60. The Morgan fingerprint density at radius 1 is 1.65 bits per heavy atom. The summed E-state index contributed by atoms with van der Waals surface area (Å²) in [6.45, 7) is 2.55. The first-order valence-electron chi connectivity index (χ1n) is 5.21. The molecule has 1 N–H and O–H groups in total. The van der Waals surface area contributed by atoms with Gasteiger partial charge in [0, 0.05) is 39.5 Å². The maximum absolute atomic E-state index is 11.4. The molecule has 0 aliphatic rings. The Balaban J connectivity index is 2.36. The standard InChI is InChI=1S/C10H12BrN3OS2/c1-2-17(15)4-3-14-9-8(13-10(14)16)5-7(11)6-12-9/h5-6H,2-4H2,1H3,(H,13,16). The molecule has 0 saturated carbocycles. The van der Waals surface area contributed by atoms with Gasteiger partial charge in [0.25, 0.3) is 0 Å². The van der Waals surface area contributed by atoms with Crippen LogP contribution in [0.4, 0.5) is 0 Å². The summed E-state index contributed by atoms with van der Waals surface area (Å²) in [5.41, 5.74) is 1.71. The van der Waals surface area contributed by atoms with Crippen LogP contribution in [0.1, 0.15) is 6.92 Å². The summed E-state index contributed by atoms with van der Waals surface area (Å²) in [7, 11) is -0.785. The zero-order valence-electron chi connectivity index (χ0n) is 9.27. The Morgan fingerprint density at radius 3 is 3.12 bits per heavy atom. The SMILES string of the molecule is CCS(=O)CCn1c(=S)[nH]c2cc(Br)cnc21. The van der Waals surface area contributed by atoms with E-state index in [1.807, 2.05) is 17.6 Å². The molecule has 0 aliphatic carbocycles. The number of pyridine rings is 1. The molecule has 2 aromatic rings. The number of aromatic amines is 1. The van der Waals surface area contributed by atoms with E-state index in [-0.39, 0.29) is 0 Å². The molecular formula is C10H12BrN3OS2. The van der Waals surface area contributed by atoms with E-state index in [9.17, 15) is 4.21 Å². The van der Waals surface area contributed by atoms with Crippen molar-refractivity contribution in [2.45, 2.75) is 13.5 Å². The van der Waals surface area contributed by atoms with Crippen LogP contribution >= 0.6 is 28.1 Å². The number of aryl methyl sites for hydroxylation is 1. The molecular weight excluding hydrogens is 322 g/mol. The molecule has 0 aliphatic heterocycles. The van der Waals surface area contributed by atoms with Gasteiger partial charge in [-0.3, -0.25) is 4.21 Å². The van der Waals surface area contributed by atoms with E-state index in [1.165, 1.54) is 0 Å². The van der Waals surface area contributed by atoms with Crippen LogP contribution in [-0.4, -0.2) is 30.2 Å². The van der Waals surface area contributed by atoms with Crippen LogP contribution in [-0.2, 0) is 17.3 Å². The number of nitrogens with one attached hydrogen (secondary N) is 1. The smallest absolute Gasteiger partial charge is 0.179 e. The van der Waals surface area contributed by atoms with Gasteiger partial charge in [0.05, 0.1) is 5.52 Å². The van der Waals surface area contributed by atoms with E-state index in [4.69, 9.17) is 12.2 Å². The number of H-pyrrole nitrogens is 1. The lowest BCUT2D eigenvalue weighted by Crippen LogP contribution is -2.09. The highest BCUT2D eigenvalue weighted by molar-refractivity contribution is 9.10. The zero-order valence-corrected chi connectivity index (χ0v) is 12.5. The third-order valence-corrected chi connectivity index (χ3v) is 4.48. The third kappa shape index (κ3) is 2.83. The van der Waals surface area contributed by atoms with Gasteiger partial charge in [-0.2, -0.15) is 0 Å². The number of hydrogen-bond donors (Lipinski definition) is 1. The van der Waals surface area contributed by atoms with Crippen molar-refractivity contribution in [2.75, 3.05) is 11.5 Å². The third-order valence-electron chi connectivity index (χ3n) is 2.44. The number of imidazole rings is 1. The first-order chi connectivity index (χ1) is 8.11. The van der Waals surface area contributed by atoms with Crippen molar-refractivity contribution in [1.82, 2.24) is 14.5 Å².